The maximum Gasteiger partial charge on any atom is 0.188 e. The van der Waals surface area contributed by atoms with Gasteiger partial charge in [-0.3, -0.25) is 5.41 Å². The fourth-order valence-corrected chi connectivity index (χ4v) is 2.85. The maximum absolute atomic E-state index is 7.40. The molecule has 13 heavy (non-hydrogen) atoms. The van der Waals surface area contributed by atoms with Crippen molar-refractivity contribution in [2.24, 2.45) is 11.1 Å². The Kier molecular flexibility index (Phi) is 2.18. The van der Waals surface area contributed by atoms with Crippen LogP contribution in [-0.4, -0.2) is 23.9 Å². The fraction of sp³-hybridized carbons (Fsp3) is 0.900. The fourth-order valence-electron chi connectivity index (χ4n) is 2.85. The predicted octanol–water partition coefficient (Wildman–Crippen LogP) is 1.54. The number of hydrogen-bond acceptors (Lipinski definition) is 1. The van der Waals surface area contributed by atoms with Crippen molar-refractivity contribution in [1.29, 1.82) is 5.41 Å². The van der Waals surface area contributed by atoms with Gasteiger partial charge in [-0.15, -0.1) is 0 Å². The van der Waals surface area contributed by atoms with Crippen molar-refractivity contribution in [3.63, 3.8) is 0 Å². The predicted molar refractivity (Wildman–Crippen MR) is 53.6 cm³/mol. The molecule has 1 saturated heterocycles. The van der Waals surface area contributed by atoms with Crippen LogP contribution in [0.3, 0.4) is 0 Å². The van der Waals surface area contributed by atoms with Gasteiger partial charge < -0.3 is 10.6 Å². The number of guanidine groups is 1. The molecule has 1 spiro atoms. The zero-order chi connectivity index (χ0) is 9.31. The molecule has 0 aromatic heterocycles. The van der Waals surface area contributed by atoms with Gasteiger partial charge in [0.15, 0.2) is 5.96 Å². The van der Waals surface area contributed by atoms with Crippen LogP contribution in [0.15, 0.2) is 0 Å². The van der Waals surface area contributed by atoms with Gasteiger partial charge in [0.1, 0.15) is 0 Å². The molecule has 74 valence electrons. The molecule has 0 atom stereocenters. The summed E-state index contributed by atoms with van der Waals surface area (Å²) in [5.41, 5.74) is 6.03. The van der Waals surface area contributed by atoms with E-state index in [1.54, 1.807) is 0 Å². The summed E-state index contributed by atoms with van der Waals surface area (Å²) in [5, 5.41) is 7.40. The quantitative estimate of drug-likeness (QED) is 0.440. The lowest BCUT2D eigenvalue weighted by atomic mass is 9.73. The van der Waals surface area contributed by atoms with Crippen LogP contribution in [0.5, 0.6) is 0 Å². The molecule has 0 amide bonds. The third-order valence-corrected chi connectivity index (χ3v) is 3.69. The zero-order valence-corrected chi connectivity index (χ0v) is 8.18. The van der Waals surface area contributed by atoms with Crippen molar-refractivity contribution < 1.29 is 0 Å². The SMILES string of the molecule is N=C(N)N1CCC2(CCCCC2)C1. The molecule has 0 aromatic carbocycles. The lowest BCUT2D eigenvalue weighted by Crippen LogP contribution is -2.37. The molecule has 3 nitrogen and oxygen atoms in total. The Morgan fingerprint density at radius 3 is 2.38 bits per heavy atom. The van der Waals surface area contributed by atoms with Crippen LogP contribution < -0.4 is 5.73 Å². The van der Waals surface area contributed by atoms with Crippen LogP contribution in [-0.2, 0) is 0 Å². The number of likely N-dealkylation sites (tertiary alicyclic amines) is 1. The molecule has 0 unspecified atom stereocenters. The van der Waals surface area contributed by atoms with Crippen LogP contribution in [0.1, 0.15) is 38.5 Å². The Morgan fingerprint density at radius 1 is 1.15 bits per heavy atom. The average Bonchev–Trinajstić information content (AvgIpc) is 2.51. The van der Waals surface area contributed by atoms with E-state index in [-0.39, 0.29) is 5.96 Å². The Bertz CT molecular complexity index is 206. The van der Waals surface area contributed by atoms with Crippen LogP contribution in [0, 0.1) is 10.8 Å². The van der Waals surface area contributed by atoms with E-state index >= 15 is 0 Å². The van der Waals surface area contributed by atoms with E-state index in [1.165, 1.54) is 38.5 Å². The largest absolute Gasteiger partial charge is 0.370 e. The third-order valence-electron chi connectivity index (χ3n) is 3.69. The van der Waals surface area contributed by atoms with Gasteiger partial charge in [0.05, 0.1) is 0 Å². The number of nitrogens with two attached hydrogens (primary N) is 1. The minimum atomic E-state index is 0.266. The van der Waals surface area contributed by atoms with Gasteiger partial charge in [-0.25, -0.2) is 0 Å². The number of nitrogens with zero attached hydrogens (tertiary/aromatic N) is 1. The summed E-state index contributed by atoms with van der Waals surface area (Å²) in [6.07, 6.45) is 8.14. The molecule has 2 aliphatic rings. The number of nitrogens with one attached hydrogen (secondary N) is 1. The molecule has 1 heterocycles. The second-order valence-corrected chi connectivity index (χ2v) is 4.62. The summed E-state index contributed by atoms with van der Waals surface area (Å²) < 4.78 is 0. The van der Waals surface area contributed by atoms with Crippen molar-refractivity contribution in [2.75, 3.05) is 13.1 Å². The van der Waals surface area contributed by atoms with Gasteiger partial charge in [0.25, 0.3) is 0 Å². The minimum Gasteiger partial charge on any atom is -0.370 e. The third kappa shape index (κ3) is 1.64. The molecule has 2 fully saturated rings. The van der Waals surface area contributed by atoms with E-state index in [1.807, 2.05) is 4.90 Å². The number of hydrogen-bond donors (Lipinski definition) is 2. The molecule has 0 bridgehead atoms. The van der Waals surface area contributed by atoms with Gasteiger partial charge in [-0.1, -0.05) is 19.3 Å². The standard InChI is InChI=1S/C10H19N3/c11-9(12)13-7-6-10(8-13)4-2-1-3-5-10/h1-8H2,(H3,11,12). The monoisotopic (exact) mass is 181 g/mol. The first-order valence-electron chi connectivity index (χ1n) is 5.31. The van der Waals surface area contributed by atoms with E-state index in [9.17, 15) is 0 Å². The molecular weight excluding hydrogens is 162 g/mol. The first kappa shape index (κ1) is 8.85. The smallest absolute Gasteiger partial charge is 0.188 e. The molecule has 0 aromatic rings. The van der Waals surface area contributed by atoms with Gasteiger partial charge in [0.2, 0.25) is 0 Å². The van der Waals surface area contributed by atoms with Crippen molar-refractivity contribution in [3.05, 3.63) is 0 Å². The van der Waals surface area contributed by atoms with Crippen LogP contribution in [0.2, 0.25) is 0 Å². The van der Waals surface area contributed by atoms with Crippen LogP contribution in [0.25, 0.3) is 0 Å². The Morgan fingerprint density at radius 2 is 1.85 bits per heavy atom. The molecule has 3 heteroatoms. The van der Waals surface area contributed by atoms with E-state index < -0.39 is 0 Å². The maximum atomic E-state index is 7.40. The Hall–Kier alpha value is -0.730. The zero-order valence-electron chi connectivity index (χ0n) is 8.18. The van der Waals surface area contributed by atoms with Gasteiger partial charge >= 0.3 is 0 Å². The van der Waals surface area contributed by atoms with Crippen LogP contribution in [0.4, 0.5) is 0 Å². The normalized spacial score (nSPS) is 26.6. The summed E-state index contributed by atoms with van der Waals surface area (Å²) in [7, 11) is 0. The molecule has 3 N–H and O–H groups in total. The first-order chi connectivity index (χ1) is 6.22. The molecular formula is C10H19N3. The molecule has 1 saturated carbocycles. The lowest BCUT2D eigenvalue weighted by Gasteiger charge is -2.33. The van der Waals surface area contributed by atoms with E-state index in [0.29, 0.717) is 5.41 Å². The molecule has 2 rings (SSSR count). The molecule has 1 aliphatic carbocycles. The summed E-state index contributed by atoms with van der Waals surface area (Å²) in [5.74, 6) is 0.266. The summed E-state index contributed by atoms with van der Waals surface area (Å²) in [6, 6.07) is 0. The highest BCUT2D eigenvalue weighted by molar-refractivity contribution is 5.74. The Balaban J connectivity index is 1.98. The summed E-state index contributed by atoms with van der Waals surface area (Å²) in [4.78, 5) is 2.03. The van der Waals surface area contributed by atoms with Gasteiger partial charge in [-0.2, -0.15) is 0 Å². The summed E-state index contributed by atoms with van der Waals surface area (Å²) >= 11 is 0. The first-order valence-corrected chi connectivity index (χ1v) is 5.31. The highest BCUT2D eigenvalue weighted by Gasteiger charge is 2.39. The average molecular weight is 181 g/mol. The summed E-state index contributed by atoms with van der Waals surface area (Å²) in [6.45, 7) is 2.05. The van der Waals surface area contributed by atoms with Crippen molar-refractivity contribution >= 4 is 5.96 Å². The topological polar surface area (TPSA) is 53.1 Å². The van der Waals surface area contributed by atoms with E-state index in [0.717, 1.165) is 13.1 Å². The second kappa shape index (κ2) is 3.20. The van der Waals surface area contributed by atoms with Crippen molar-refractivity contribution in [1.82, 2.24) is 4.90 Å². The lowest BCUT2D eigenvalue weighted by molar-refractivity contribution is 0.203. The Labute approximate surface area is 79.8 Å². The van der Waals surface area contributed by atoms with Crippen LogP contribution >= 0.6 is 0 Å². The second-order valence-electron chi connectivity index (χ2n) is 4.62. The van der Waals surface area contributed by atoms with Gasteiger partial charge in [0, 0.05) is 13.1 Å². The number of rotatable bonds is 0. The van der Waals surface area contributed by atoms with Gasteiger partial charge in [-0.05, 0) is 24.7 Å². The van der Waals surface area contributed by atoms with E-state index in [2.05, 4.69) is 0 Å². The van der Waals surface area contributed by atoms with Crippen molar-refractivity contribution in [3.8, 4) is 0 Å². The van der Waals surface area contributed by atoms with Crippen molar-refractivity contribution in [2.45, 2.75) is 38.5 Å². The van der Waals surface area contributed by atoms with E-state index in [4.69, 9.17) is 11.1 Å². The highest BCUT2D eigenvalue weighted by atomic mass is 15.2. The highest BCUT2D eigenvalue weighted by Crippen LogP contribution is 2.43. The molecule has 1 aliphatic heterocycles. The minimum absolute atomic E-state index is 0.266. The molecule has 0 radical (unpaired) electrons.